The number of carbonyl (C=O) groups is 1. The molecule has 2 aliphatic heterocycles. The highest BCUT2D eigenvalue weighted by molar-refractivity contribution is 6.04. The summed E-state index contributed by atoms with van der Waals surface area (Å²) in [5, 5.41) is 0. The van der Waals surface area contributed by atoms with E-state index in [4.69, 9.17) is 5.73 Å². The zero-order valence-electron chi connectivity index (χ0n) is 13.2. The van der Waals surface area contributed by atoms with E-state index in [2.05, 4.69) is 30.9 Å². The lowest BCUT2D eigenvalue weighted by Gasteiger charge is -2.25. The second-order valence-corrected chi connectivity index (χ2v) is 7.12. The lowest BCUT2D eigenvalue weighted by atomic mass is 9.85. The third-order valence-electron chi connectivity index (χ3n) is 5.01. The van der Waals surface area contributed by atoms with Crippen molar-refractivity contribution in [1.29, 1.82) is 0 Å². The van der Waals surface area contributed by atoms with Crippen molar-refractivity contribution in [2.45, 2.75) is 39.2 Å². The number of benzene rings is 1. The van der Waals surface area contributed by atoms with E-state index in [0.29, 0.717) is 5.41 Å². The van der Waals surface area contributed by atoms with Crippen LogP contribution in [0, 0.1) is 5.41 Å². The molecule has 21 heavy (non-hydrogen) atoms. The number of nitrogens with zero attached hydrogens (tertiary/aromatic N) is 2. The van der Waals surface area contributed by atoms with E-state index in [1.54, 1.807) is 4.90 Å². The van der Waals surface area contributed by atoms with Crippen LogP contribution >= 0.6 is 0 Å². The van der Waals surface area contributed by atoms with Crippen molar-refractivity contribution in [3.8, 4) is 0 Å². The monoisotopic (exact) mass is 287 g/mol. The van der Waals surface area contributed by atoms with Gasteiger partial charge < -0.3 is 15.5 Å². The summed E-state index contributed by atoms with van der Waals surface area (Å²) in [6, 6.07) is 5.76. The maximum Gasteiger partial charge on any atom is 0.248 e. The Morgan fingerprint density at radius 3 is 2.76 bits per heavy atom. The van der Waals surface area contributed by atoms with Gasteiger partial charge in [0.1, 0.15) is 6.04 Å². The highest BCUT2D eigenvalue weighted by atomic mass is 16.2. The highest BCUT2D eigenvalue weighted by Crippen LogP contribution is 2.38. The smallest absolute Gasteiger partial charge is 0.248 e. The minimum atomic E-state index is -0.498. The molecule has 1 atom stereocenters. The van der Waals surface area contributed by atoms with Gasteiger partial charge in [-0.25, -0.2) is 0 Å². The van der Waals surface area contributed by atoms with E-state index in [-0.39, 0.29) is 5.91 Å². The third kappa shape index (κ3) is 2.53. The lowest BCUT2D eigenvalue weighted by Crippen LogP contribution is -2.28. The molecule has 1 fully saturated rings. The molecule has 1 saturated heterocycles. The van der Waals surface area contributed by atoms with Crippen molar-refractivity contribution in [1.82, 2.24) is 0 Å². The van der Waals surface area contributed by atoms with E-state index < -0.39 is 6.04 Å². The molecule has 1 aromatic rings. The fourth-order valence-electron chi connectivity index (χ4n) is 3.42. The molecular formula is C17H25N3O. The van der Waals surface area contributed by atoms with Gasteiger partial charge >= 0.3 is 0 Å². The van der Waals surface area contributed by atoms with E-state index in [0.717, 1.165) is 24.3 Å². The van der Waals surface area contributed by atoms with E-state index in [1.165, 1.54) is 24.9 Å². The average molecular weight is 287 g/mol. The van der Waals surface area contributed by atoms with Crippen LogP contribution < -0.4 is 15.5 Å². The minimum Gasteiger partial charge on any atom is -0.371 e. The fraction of sp³-hybridized carbons (Fsp3) is 0.588. The molecule has 4 heteroatoms. The van der Waals surface area contributed by atoms with Gasteiger partial charge in [-0.2, -0.15) is 0 Å². The van der Waals surface area contributed by atoms with Crippen LogP contribution in [0.25, 0.3) is 0 Å². The number of rotatable bonds is 1. The lowest BCUT2D eigenvalue weighted by molar-refractivity contribution is -0.118. The van der Waals surface area contributed by atoms with E-state index in [9.17, 15) is 4.79 Å². The molecule has 1 unspecified atom stereocenters. The molecule has 1 aromatic carbocycles. The van der Waals surface area contributed by atoms with Crippen molar-refractivity contribution < 1.29 is 4.79 Å². The molecule has 0 spiro atoms. The summed E-state index contributed by atoms with van der Waals surface area (Å²) in [5.74, 6) is -0.0147. The summed E-state index contributed by atoms with van der Waals surface area (Å²) in [6.07, 6.45) is 3.70. The summed E-state index contributed by atoms with van der Waals surface area (Å²) in [5.41, 5.74) is 9.52. The van der Waals surface area contributed by atoms with Crippen molar-refractivity contribution in [3.05, 3.63) is 23.8 Å². The van der Waals surface area contributed by atoms with Gasteiger partial charge in [-0.05, 0) is 36.8 Å². The minimum absolute atomic E-state index is 0.0147. The van der Waals surface area contributed by atoms with Crippen LogP contribution in [-0.2, 0) is 4.79 Å². The zero-order valence-corrected chi connectivity index (χ0v) is 13.2. The number of carbonyl (C=O) groups excluding carboxylic acids is 1. The third-order valence-corrected chi connectivity index (χ3v) is 5.01. The quantitative estimate of drug-likeness (QED) is 0.864. The van der Waals surface area contributed by atoms with Crippen molar-refractivity contribution >= 4 is 17.3 Å². The fourth-order valence-corrected chi connectivity index (χ4v) is 3.42. The SMILES string of the molecule is CN1C(=O)C(N)c2ccc(N3CCCC(C)(C)CC3)cc21. The van der Waals surface area contributed by atoms with Gasteiger partial charge in [-0.15, -0.1) is 0 Å². The maximum atomic E-state index is 12.0. The molecule has 0 bridgehead atoms. The Hall–Kier alpha value is -1.55. The van der Waals surface area contributed by atoms with Crippen LogP contribution in [0.3, 0.4) is 0 Å². The van der Waals surface area contributed by atoms with Gasteiger partial charge in [0.15, 0.2) is 0 Å². The molecule has 0 radical (unpaired) electrons. The number of amides is 1. The highest BCUT2D eigenvalue weighted by Gasteiger charge is 2.33. The molecule has 114 valence electrons. The molecule has 2 heterocycles. The van der Waals surface area contributed by atoms with Crippen LogP contribution in [0.4, 0.5) is 11.4 Å². The summed E-state index contributed by atoms with van der Waals surface area (Å²) in [7, 11) is 1.81. The number of hydrogen-bond acceptors (Lipinski definition) is 3. The number of fused-ring (bicyclic) bond motifs is 1. The molecule has 0 aliphatic carbocycles. The Balaban J connectivity index is 1.87. The molecule has 1 amide bonds. The summed E-state index contributed by atoms with van der Waals surface area (Å²) in [6.45, 7) is 6.87. The second-order valence-electron chi connectivity index (χ2n) is 7.12. The van der Waals surface area contributed by atoms with Crippen LogP contribution in [0.5, 0.6) is 0 Å². The van der Waals surface area contributed by atoms with Gasteiger partial charge in [0.2, 0.25) is 5.91 Å². The summed E-state index contributed by atoms with van der Waals surface area (Å²) in [4.78, 5) is 16.1. The Kier molecular flexibility index (Phi) is 3.44. The number of likely N-dealkylation sites (N-methyl/N-ethyl adjacent to an activating group) is 1. The predicted molar refractivity (Wildman–Crippen MR) is 86.6 cm³/mol. The van der Waals surface area contributed by atoms with Crippen LogP contribution in [0.15, 0.2) is 18.2 Å². The van der Waals surface area contributed by atoms with Crippen LogP contribution in [0.2, 0.25) is 0 Å². The van der Waals surface area contributed by atoms with E-state index >= 15 is 0 Å². The topological polar surface area (TPSA) is 49.6 Å². The molecule has 3 rings (SSSR count). The number of nitrogens with two attached hydrogens (primary N) is 1. The Labute approximate surface area is 126 Å². The first-order chi connectivity index (χ1) is 9.89. The van der Waals surface area contributed by atoms with E-state index in [1.807, 2.05) is 13.1 Å². The first-order valence-electron chi connectivity index (χ1n) is 7.81. The average Bonchev–Trinajstić information content (AvgIpc) is 2.60. The Morgan fingerprint density at radius 2 is 2.00 bits per heavy atom. The van der Waals surface area contributed by atoms with Gasteiger partial charge in [0.05, 0.1) is 5.69 Å². The Morgan fingerprint density at radius 1 is 1.24 bits per heavy atom. The van der Waals surface area contributed by atoms with Crippen LogP contribution in [0.1, 0.15) is 44.7 Å². The molecule has 2 N–H and O–H groups in total. The number of hydrogen-bond donors (Lipinski definition) is 1. The number of anilines is 2. The first-order valence-corrected chi connectivity index (χ1v) is 7.81. The van der Waals surface area contributed by atoms with Crippen molar-refractivity contribution in [2.24, 2.45) is 11.1 Å². The van der Waals surface area contributed by atoms with Crippen molar-refractivity contribution in [3.63, 3.8) is 0 Å². The van der Waals surface area contributed by atoms with Crippen molar-refractivity contribution in [2.75, 3.05) is 29.9 Å². The first kappa shape index (κ1) is 14.4. The molecule has 0 aromatic heterocycles. The van der Waals surface area contributed by atoms with Gasteiger partial charge in [0.25, 0.3) is 0 Å². The zero-order chi connectivity index (χ0) is 15.2. The Bertz CT molecular complexity index is 567. The van der Waals surface area contributed by atoms with Gasteiger partial charge in [-0.3, -0.25) is 4.79 Å². The van der Waals surface area contributed by atoms with Crippen LogP contribution in [-0.4, -0.2) is 26.0 Å². The van der Waals surface area contributed by atoms with Gasteiger partial charge in [-0.1, -0.05) is 19.9 Å². The summed E-state index contributed by atoms with van der Waals surface area (Å²) < 4.78 is 0. The normalized spacial score (nSPS) is 25.0. The molecule has 2 aliphatic rings. The largest absolute Gasteiger partial charge is 0.371 e. The summed E-state index contributed by atoms with van der Waals surface area (Å²) >= 11 is 0. The maximum absolute atomic E-state index is 12.0. The predicted octanol–water partition coefficient (Wildman–Crippen LogP) is 2.68. The second kappa shape index (κ2) is 5.02. The molecular weight excluding hydrogens is 262 g/mol. The van der Waals surface area contributed by atoms with Gasteiger partial charge in [0, 0.05) is 31.4 Å². The standard InChI is InChI=1S/C17H25N3O/c1-17(2)7-4-9-20(10-8-17)12-5-6-13-14(11-12)19(3)16(21)15(13)18/h5-6,11,15H,4,7-10,18H2,1-3H3. The molecule has 0 saturated carbocycles. The molecule has 4 nitrogen and oxygen atoms in total.